The highest BCUT2D eigenvalue weighted by atomic mass is 16.6. The molecule has 0 spiro atoms. The Morgan fingerprint density at radius 1 is 1.10 bits per heavy atom. The van der Waals surface area contributed by atoms with Crippen molar-refractivity contribution in [2.24, 2.45) is 5.73 Å². The molecule has 0 aliphatic rings. The molecule has 1 amide bonds. The third-order valence-corrected chi connectivity index (χ3v) is 2.66. The molecule has 102 valence electrons. The van der Waals surface area contributed by atoms with E-state index in [0.29, 0.717) is 22.8 Å². The summed E-state index contributed by atoms with van der Waals surface area (Å²) in [6.07, 6.45) is 2.93. The van der Waals surface area contributed by atoms with Crippen LogP contribution in [0.5, 0.6) is 5.95 Å². The average molecular weight is 271 g/mol. The molecule has 0 aliphatic carbocycles. The number of amides is 1. The summed E-state index contributed by atoms with van der Waals surface area (Å²) in [7, 11) is 1.50. The van der Waals surface area contributed by atoms with E-state index in [2.05, 4.69) is 0 Å². The molecule has 0 fully saturated rings. The first kappa shape index (κ1) is 13.6. The zero-order valence-corrected chi connectivity index (χ0v) is 10.8. The molecule has 1 aromatic carbocycles. The molecule has 5 heteroatoms. The van der Waals surface area contributed by atoms with Crippen molar-refractivity contribution in [2.45, 2.75) is 0 Å². The zero-order chi connectivity index (χ0) is 14.5. The molecule has 0 saturated carbocycles. The quantitative estimate of drug-likeness (QED) is 0.668. The molecule has 0 unspecified atom stereocenters. The monoisotopic (exact) mass is 271 g/mol. The molecule has 20 heavy (non-hydrogen) atoms. The van der Waals surface area contributed by atoms with E-state index < -0.39 is 5.91 Å². The van der Waals surface area contributed by atoms with E-state index >= 15 is 0 Å². The molecule has 2 N–H and O–H groups in total. The number of ketones is 1. The number of rotatable bonds is 5. The van der Waals surface area contributed by atoms with Gasteiger partial charge in [0.15, 0.2) is 5.78 Å². The topological polar surface area (TPSA) is 82.5 Å². The number of carbonyl (C=O) groups is 2. The lowest BCUT2D eigenvalue weighted by Gasteiger charge is -1.97. The zero-order valence-electron chi connectivity index (χ0n) is 10.8. The number of benzene rings is 1. The summed E-state index contributed by atoms with van der Waals surface area (Å²) < 4.78 is 10.1. The molecular formula is C15H13NO4. The Morgan fingerprint density at radius 2 is 1.75 bits per heavy atom. The largest absolute Gasteiger partial charge is 0.468 e. The second-order valence-corrected chi connectivity index (χ2v) is 4.00. The Labute approximate surface area is 115 Å². The van der Waals surface area contributed by atoms with Gasteiger partial charge >= 0.3 is 0 Å². The summed E-state index contributed by atoms with van der Waals surface area (Å²) in [5.41, 5.74) is 5.95. The fourth-order valence-corrected chi connectivity index (χ4v) is 1.59. The van der Waals surface area contributed by atoms with Crippen molar-refractivity contribution >= 4 is 17.8 Å². The van der Waals surface area contributed by atoms with Gasteiger partial charge < -0.3 is 14.9 Å². The molecule has 1 heterocycles. The Morgan fingerprint density at radius 3 is 2.30 bits per heavy atom. The number of ether oxygens (including phenoxy) is 1. The summed E-state index contributed by atoms with van der Waals surface area (Å²) in [4.78, 5) is 22.8. The van der Waals surface area contributed by atoms with Crippen molar-refractivity contribution in [1.29, 1.82) is 0 Å². The van der Waals surface area contributed by atoms with Crippen molar-refractivity contribution in [3.8, 4) is 5.95 Å². The highest BCUT2D eigenvalue weighted by Gasteiger charge is 2.05. The van der Waals surface area contributed by atoms with E-state index in [-0.39, 0.29) is 5.78 Å². The van der Waals surface area contributed by atoms with E-state index in [4.69, 9.17) is 14.9 Å². The first-order valence-electron chi connectivity index (χ1n) is 5.86. The van der Waals surface area contributed by atoms with Gasteiger partial charge in [0, 0.05) is 17.2 Å². The van der Waals surface area contributed by atoms with Gasteiger partial charge in [0.05, 0.1) is 7.11 Å². The van der Waals surface area contributed by atoms with Crippen LogP contribution in [0.1, 0.15) is 26.5 Å². The van der Waals surface area contributed by atoms with Crippen molar-refractivity contribution in [2.75, 3.05) is 7.11 Å². The SMILES string of the molecule is COc1ccc(/C=C/C(=O)c2ccc(C(N)=O)cc2)o1. The number of primary amides is 1. The first-order chi connectivity index (χ1) is 9.60. The molecule has 2 rings (SSSR count). The summed E-state index contributed by atoms with van der Waals surface area (Å²) in [6, 6.07) is 9.48. The summed E-state index contributed by atoms with van der Waals surface area (Å²) in [6.45, 7) is 0. The van der Waals surface area contributed by atoms with Crippen LogP contribution in [0.2, 0.25) is 0 Å². The summed E-state index contributed by atoms with van der Waals surface area (Å²) in [5.74, 6) is 0.172. The van der Waals surface area contributed by atoms with Gasteiger partial charge in [0.2, 0.25) is 5.91 Å². The van der Waals surface area contributed by atoms with Gasteiger partial charge in [-0.3, -0.25) is 9.59 Å². The Balaban J connectivity index is 2.09. The van der Waals surface area contributed by atoms with Crippen molar-refractivity contribution in [3.63, 3.8) is 0 Å². The highest BCUT2D eigenvalue weighted by Crippen LogP contribution is 2.16. The van der Waals surface area contributed by atoms with Crippen LogP contribution < -0.4 is 10.5 Å². The van der Waals surface area contributed by atoms with Crippen molar-refractivity contribution < 1.29 is 18.7 Å². The van der Waals surface area contributed by atoms with Gasteiger partial charge in [-0.15, -0.1) is 0 Å². The fraction of sp³-hybridized carbons (Fsp3) is 0.0667. The summed E-state index contributed by atoms with van der Waals surface area (Å²) in [5, 5.41) is 0. The molecule has 0 atom stereocenters. The number of nitrogens with two attached hydrogens (primary N) is 1. The third kappa shape index (κ3) is 3.14. The minimum atomic E-state index is -0.526. The van der Waals surface area contributed by atoms with Crippen LogP contribution in [0.3, 0.4) is 0 Å². The molecule has 0 bridgehead atoms. The molecule has 0 saturated heterocycles. The van der Waals surface area contributed by atoms with Crippen LogP contribution in [0, 0.1) is 0 Å². The molecule has 1 aromatic heterocycles. The van der Waals surface area contributed by atoms with Crippen LogP contribution in [0.25, 0.3) is 6.08 Å². The Hall–Kier alpha value is -2.82. The van der Waals surface area contributed by atoms with Gasteiger partial charge in [-0.2, -0.15) is 0 Å². The smallest absolute Gasteiger partial charge is 0.284 e. The first-order valence-corrected chi connectivity index (χ1v) is 5.86. The minimum Gasteiger partial charge on any atom is -0.468 e. The van der Waals surface area contributed by atoms with E-state index in [0.717, 1.165) is 0 Å². The summed E-state index contributed by atoms with van der Waals surface area (Å²) >= 11 is 0. The minimum absolute atomic E-state index is 0.198. The van der Waals surface area contributed by atoms with Crippen LogP contribution in [0.15, 0.2) is 46.9 Å². The number of hydrogen-bond acceptors (Lipinski definition) is 4. The number of allylic oxidation sites excluding steroid dienone is 1. The molecular weight excluding hydrogens is 258 g/mol. The fourth-order valence-electron chi connectivity index (χ4n) is 1.59. The standard InChI is InChI=1S/C15H13NO4/c1-19-14-9-7-12(20-14)6-8-13(17)10-2-4-11(5-3-10)15(16)18/h2-9H,1H3,(H2,16,18)/b8-6+. The maximum absolute atomic E-state index is 11.9. The van der Waals surface area contributed by atoms with Crippen LogP contribution in [-0.4, -0.2) is 18.8 Å². The lowest BCUT2D eigenvalue weighted by atomic mass is 10.1. The van der Waals surface area contributed by atoms with E-state index in [1.807, 2.05) is 0 Å². The van der Waals surface area contributed by atoms with Gasteiger partial charge in [-0.05, 0) is 30.4 Å². The highest BCUT2D eigenvalue weighted by molar-refractivity contribution is 6.07. The number of furan rings is 1. The third-order valence-electron chi connectivity index (χ3n) is 2.66. The number of methoxy groups -OCH3 is 1. The van der Waals surface area contributed by atoms with Crippen LogP contribution in [-0.2, 0) is 0 Å². The Kier molecular flexibility index (Phi) is 4.00. The second-order valence-electron chi connectivity index (χ2n) is 4.00. The second kappa shape index (κ2) is 5.88. The van der Waals surface area contributed by atoms with E-state index in [1.54, 1.807) is 30.3 Å². The van der Waals surface area contributed by atoms with Crippen LogP contribution in [0.4, 0.5) is 0 Å². The molecule has 0 radical (unpaired) electrons. The van der Waals surface area contributed by atoms with Gasteiger partial charge in [0.25, 0.3) is 5.95 Å². The van der Waals surface area contributed by atoms with Crippen LogP contribution >= 0.6 is 0 Å². The van der Waals surface area contributed by atoms with Gasteiger partial charge in [-0.25, -0.2) is 0 Å². The molecule has 5 nitrogen and oxygen atoms in total. The molecule has 0 aliphatic heterocycles. The van der Waals surface area contributed by atoms with Gasteiger partial charge in [-0.1, -0.05) is 12.1 Å². The van der Waals surface area contributed by atoms with Gasteiger partial charge in [0.1, 0.15) is 5.76 Å². The number of carbonyl (C=O) groups excluding carboxylic acids is 2. The normalized spacial score (nSPS) is 10.7. The maximum Gasteiger partial charge on any atom is 0.284 e. The Bertz CT molecular complexity index is 653. The average Bonchev–Trinajstić information content (AvgIpc) is 2.93. The predicted octanol–water partition coefficient (Wildman–Crippen LogP) is 2.28. The molecule has 2 aromatic rings. The lowest BCUT2D eigenvalue weighted by Crippen LogP contribution is -2.10. The lowest BCUT2D eigenvalue weighted by molar-refractivity contribution is 0.0997. The maximum atomic E-state index is 11.9. The van der Waals surface area contributed by atoms with E-state index in [9.17, 15) is 9.59 Å². The number of hydrogen-bond donors (Lipinski definition) is 1. The van der Waals surface area contributed by atoms with E-state index in [1.165, 1.54) is 25.3 Å². The predicted molar refractivity (Wildman–Crippen MR) is 73.6 cm³/mol. The van der Waals surface area contributed by atoms with Crippen molar-refractivity contribution in [3.05, 3.63) is 59.4 Å². The van der Waals surface area contributed by atoms with Crippen molar-refractivity contribution in [1.82, 2.24) is 0 Å².